The zero-order chi connectivity index (χ0) is 23.5. The van der Waals surface area contributed by atoms with Gasteiger partial charge in [-0.2, -0.15) is 10.1 Å². The van der Waals surface area contributed by atoms with Gasteiger partial charge in [0.1, 0.15) is 0 Å². The Morgan fingerprint density at radius 1 is 1.00 bits per heavy atom. The third kappa shape index (κ3) is 5.06. The topological polar surface area (TPSA) is 73.2 Å². The molecule has 0 radical (unpaired) electrons. The average Bonchev–Trinajstić information content (AvgIpc) is 3.43. The zero-order valence-corrected chi connectivity index (χ0v) is 22.5. The number of anilines is 1. The van der Waals surface area contributed by atoms with E-state index in [1.54, 1.807) is 45.7 Å². The fourth-order valence-electron chi connectivity index (χ4n) is 3.00. The molecule has 0 atom stereocenters. The SMILES string of the molecule is COc1cc(/C=N/N(C(=O)c2ccc(Br)s2)c2nc3ccc(Br)cc3s2)cc(OC)c1OC. The molecular formula is C22H17Br2N3O4S2. The summed E-state index contributed by atoms with van der Waals surface area (Å²) in [6, 6.07) is 12.9. The van der Waals surface area contributed by atoms with E-state index in [4.69, 9.17) is 14.2 Å². The zero-order valence-electron chi connectivity index (χ0n) is 17.7. The first-order chi connectivity index (χ1) is 15.9. The van der Waals surface area contributed by atoms with Crippen molar-refractivity contribution >= 4 is 82.0 Å². The maximum absolute atomic E-state index is 13.4. The van der Waals surface area contributed by atoms with Crippen LogP contribution < -0.4 is 19.2 Å². The molecule has 11 heteroatoms. The van der Waals surface area contributed by atoms with Gasteiger partial charge in [-0.15, -0.1) is 11.3 Å². The second-order valence-electron chi connectivity index (χ2n) is 6.53. The van der Waals surface area contributed by atoms with E-state index >= 15 is 0 Å². The number of rotatable bonds is 7. The fraction of sp³-hybridized carbons (Fsp3) is 0.136. The molecule has 0 aliphatic carbocycles. The number of fused-ring (bicyclic) bond motifs is 1. The summed E-state index contributed by atoms with van der Waals surface area (Å²) in [5.74, 6) is 1.17. The van der Waals surface area contributed by atoms with Gasteiger partial charge >= 0.3 is 0 Å². The van der Waals surface area contributed by atoms with Gasteiger partial charge in [0, 0.05) is 10.0 Å². The van der Waals surface area contributed by atoms with Crippen LogP contribution in [0.3, 0.4) is 0 Å². The van der Waals surface area contributed by atoms with E-state index in [9.17, 15) is 4.79 Å². The van der Waals surface area contributed by atoms with E-state index in [0.717, 1.165) is 18.5 Å². The maximum Gasteiger partial charge on any atom is 0.290 e. The molecule has 0 spiro atoms. The number of hydrazone groups is 1. The molecule has 0 aliphatic rings. The Hall–Kier alpha value is -2.47. The van der Waals surface area contributed by atoms with E-state index in [1.165, 1.54) is 27.7 Å². The molecule has 4 aromatic rings. The minimum absolute atomic E-state index is 0.285. The highest BCUT2D eigenvalue weighted by atomic mass is 79.9. The quantitative estimate of drug-likeness (QED) is 0.174. The molecule has 7 nitrogen and oxygen atoms in total. The number of halogens is 2. The molecule has 0 saturated carbocycles. The summed E-state index contributed by atoms with van der Waals surface area (Å²) in [6.45, 7) is 0. The van der Waals surface area contributed by atoms with Crippen LogP contribution in [0.15, 0.2) is 55.8 Å². The van der Waals surface area contributed by atoms with Crippen LogP contribution in [0, 0.1) is 0 Å². The first-order valence-electron chi connectivity index (χ1n) is 9.43. The van der Waals surface area contributed by atoms with E-state index < -0.39 is 0 Å². The molecule has 0 N–H and O–H groups in total. The third-order valence-electron chi connectivity index (χ3n) is 4.51. The standard InChI is InChI=1S/C22H17Br2N3O4S2/c1-29-15-8-12(9-16(30-2)20(15)31-3)11-25-27(21(28)17-6-7-19(24)32-17)22-26-14-5-4-13(23)10-18(14)33-22/h4-11H,1-3H3/b25-11+. The lowest BCUT2D eigenvalue weighted by molar-refractivity contribution is 0.0991. The van der Waals surface area contributed by atoms with Crippen LogP contribution in [-0.2, 0) is 0 Å². The number of benzene rings is 2. The molecule has 1 amide bonds. The minimum atomic E-state index is -0.285. The number of amides is 1. The van der Waals surface area contributed by atoms with Crippen molar-refractivity contribution in [3.8, 4) is 17.2 Å². The Morgan fingerprint density at radius 2 is 1.73 bits per heavy atom. The first kappa shape index (κ1) is 23.7. The Balaban J connectivity index is 1.78. The summed E-state index contributed by atoms with van der Waals surface area (Å²) in [4.78, 5) is 18.5. The van der Waals surface area contributed by atoms with Crippen molar-refractivity contribution in [2.45, 2.75) is 0 Å². The van der Waals surface area contributed by atoms with Crippen LogP contribution in [0.4, 0.5) is 5.13 Å². The fourth-order valence-corrected chi connectivity index (χ4v) is 5.78. The summed E-state index contributed by atoms with van der Waals surface area (Å²) >= 11 is 9.60. The van der Waals surface area contributed by atoms with Crippen LogP contribution in [0.25, 0.3) is 10.2 Å². The van der Waals surface area contributed by atoms with Crippen molar-refractivity contribution < 1.29 is 19.0 Å². The van der Waals surface area contributed by atoms with Gasteiger partial charge < -0.3 is 14.2 Å². The van der Waals surface area contributed by atoms with Crippen LogP contribution >= 0.6 is 54.5 Å². The Bertz CT molecular complexity index is 1330. The highest BCUT2D eigenvalue weighted by Crippen LogP contribution is 2.38. The van der Waals surface area contributed by atoms with Gasteiger partial charge in [0.15, 0.2) is 11.5 Å². The van der Waals surface area contributed by atoms with Crippen LogP contribution in [0.1, 0.15) is 15.2 Å². The maximum atomic E-state index is 13.4. The largest absolute Gasteiger partial charge is 0.493 e. The summed E-state index contributed by atoms with van der Waals surface area (Å²) in [7, 11) is 4.63. The normalized spacial score (nSPS) is 11.2. The number of carbonyl (C=O) groups excluding carboxylic acids is 1. The lowest BCUT2D eigenvalue weighted by Crippen LogP contribution is -2.24. The number of nitrogens with zero attached hydrogens (tertiary/aromatic N) is 3. The number of aromatic nitrogens is 1. The molecule has 2 heterocycles. The second kappa shape index (κ2) is 10.2. The Labute approximate surface area is 214 Å². The van der Waals surface area contributed by atoms with Gasteiger partial charge in [-0.05, 0) is 58.4 Å². The second-order valence-corrected chi connectivity index (χ2v) is 10.9. The Kier molecular flexibility index (Phi) is 7.32. The molecule has 170 valence electrons. The molecule has 0 bridgehead atoms. The highest BCUT2D eigenvalue weighted by Gasteiger charge is 2.23. The van der Waals surface area contributed by atoms with Crippen molar-refractivity contribution in [3.05, 3.63) is 61.2 Å². The molecule has 0 saturated heterocycles. The molecule has 2 aromatic carbocycles. The molecular weight excluding hydrogens is 594 g/mol. The predicted molar refractivity (Wildman–Crippen MR) is 140 cm³/mol. The van der Waals surface area contributed by atoms with Crippen LogP contribution in [0.2, 0.25) is 0 Å². The van der Waals surface area contributed by atoms with Gasteiger partial charge in [0.2, 0.25) is 10.9 Å². The number of hydrogen-bond acceptors (Lipinski definition) is 8. The smallest absolute Gasteiger partial charge is 0.290 e. The lowest BCUT2D eigenvalue weighted by Gasteiger charge is -2.14. The Morgan fingerprint density at radius 3 is 2.33 bits per heavy atom. The summed E-state index contributed by atoms with van der Waals surface area (Å²) in [6.07, 6.45) is 1.56. The average molecular weight is 611 g/mol. The number of thiophene rings is 1. The molecule has 0 fully saturated rings. The summed E-state index contributed by atoms with van der Waals surface area (Å²) in [5, 5.41) is 6.27. The monoisotopic (exact) mass is 609 g/mol. The molecule has 0 unspecified atom stereocenters. The van der Waals surface area contributed by atoms with Crippen molar-refractivity contribution in [2.24, 2.45) is 5.10 Å². The number of hydrogen-bond donors (Lipinski definition) is 0. The summed E-state index contributed by atoms with van der Waals surface area (Å²) < 4.78 is 18.9. The van der Waals surface area contributed by atoms with Crippen molar-refractivity contribution in [3.63, 3.8) is 0 Å². The number of ether oxygens (including phenoxy) is 3. The first-order valence-corrected chi connectivity index (χ1v) is 12.6. The highest BCUT2D eigenvalue weighted by molar-refractivity contribution is 9.11. The van der Waals surface area contributed by atoms with E-state index in [0.29, 0.717) is 32.8 Å². The van der Waals surface area contributed by atoms with Gasteiger partial charge in [-0.1, -0.05) is 27.3 Å². The van der Waals surface area contributed by atoms with Gasteiger partial charge in [0.05, 0.1) is 46.4 Å². The van der Waals surface area contributed by atoms with Gasteiger partial charge in [-0.25, -0.2) is 4.98 Å². The van der Waals surface area contributed by atoms with Gasteiger partial charge in [-0.3, -0.25) is 4.79 Å². The van der Waals surface area contributed by atoms with E-state index in [2.05, 4.69) is 41.9 Å². The van der Waals surface area contributed by atoms with Crippen LogP contribution in [0.5, 0.6) is 17.2 Å². The summed E-state index contributed by atoms with van der Waals surface area (Å²) in [5.41, 5.74) is 1.45. The van der Waals surface area contributed by atoms with Gasteiger partial charge in [0.25, 0.3) is 5.91 Å². The van der Waals surface area contributed by atoms with E-state index in [-0.39, 0.29) is 5.91 Å². The number of carbonyl (C=O) groups is 1. The van der Waals surface area contributed by atoms with Crippen molar-refractivity contribution in [1.29, 1.82) is 0 Å². The molecule has 2 aromatic heterocycles. The molecule has 33 heavy (non-hydrogen) atoms. The number of thiazole rings is 1. The third-order valence-corrected chi connectivity index (χ3v) is 7.60. The number of methoxy groups -OCH3 is 3. The molecule has 4 rings (SSSR count). The molecule has 0 aliphatic heterocycles. The predicted octanol–water partition coefficient (Wildman–Crippen LogP) is 6.59. The van der Waals surface area contributed by atoms with Crippen LogP contribution in [-0.4, -0.2) is 38.4 Å². The van der Waals surface area contributed by atoms with E-state index in [1.807, 2.05) is 24.3 Å². The van der Waals surface area contributed by atoms with Crippen molar-refractivity contribution in [2.75, 3.05) is 26.3 Å². The van der Waals surface area contributed by atoms with Crippen molar-refractivity contribution in [1.82, 2.24) is 4.98 Å². The lowest BCUT2D eigenvalue weighted by atomic mass is 10.2. The minimum Gasteiger partial charge on any atom is -0.493 e.